The Labute approximate surface area is 198 Å². The second-order valence-corrected chi connectivity index (χ2v) is 9.36. The smallest absolute Gasteiger partial charge is 0.410 e. The number of benzene rings is 1. The third-order valence-corrected chi connectivity index (χ3v) is 5.62. The minimum atomic E-state index is -0.550. The number of nitrogens with zero attached hydrogens (tertiary/aromatic N) is 2. The van der Waals surface area contributed by atoms with Crippen molar-refractivity contribution in [3.05, 3.63) is 46.2 Å². The number of ether oxygens (including phenoxy) is 1. The summed E-state index contributed by atoms with van der Waals surface area (Å²) >= 11 is 6.24. The summed E-state index contributed by atoms with van der Waals surface area (Å²) in [5, 5.41) is 12.6. The van der Waals surface area contributed by atoms with Gasteiger partial charge in [0.05, 0.1) is 22.5 Å². The van der Waals surface area contributed by atoms with E-state index in [1.165, 1.54) is 6.20 Å². The highest BCUT2D eigenvalue weighted by Gasteiger charge is 2.28. The second-order valence-electron chi connectivity index (χ2n) is 8.96. The van der Waals surface area contributed by atoms with Gasteiger partial charge in [0.15, 0.2) is 0 Å². The number of likely N-dealkylation sites (tertiary alicyclic amines) is 1. The van der Waals surface area contributed by atoms with E-state index in [-0.39, 0.29) is 29.4 Å². The number of carbonyl (C=O) groups is 3. The number of nitrogens with one attached hydrogen (secondary N) is 3. The molecule has 0 aliphatic carbocycles. The summed E-state index contributed by atoms with van der Waals surface area (Å²) < 4.78 is 5.40. The molecule has 10 heteroatoms. The predicted molar refractivity (Wildman–Crippen MR) is 126 cm³/mol. The molecule has 1 fully saturated rings. The molecule has 0 saturated carbocycles. The fourth-order valence-electron chi connectivity index (χ4n) is 3.65. The van der Waals surface area contributed by atoms with Crippen LogP contribution in [-0.2, 0) is 11.2 Å². The van der Waals surface area contributed by atoms with E-state index in [0.29, 0.717) is 42.9 Å². The fraction of sp³-hybridized carbons (Fsp3) is 0.478. The zero-order chi connectivity index (χ0) is 24.2. The number of carbonyl (C=O) groups excluding carboxylic acids is 3. The molecule has 1 saturated heterocycles. The van der Waals surface area contributed by atoms with Gasteiger partial charge in [-0.25, -0.2) is 4.79 Å². The molecule has 1 aromatic carbocycles. The van der Waals surface area contributed by atoms with Crippen LogP contribution in [0.5, 0.6) is 0 Å². The van der Waals surface area contributed by atoms with E-state index in [4.69, 9.17) is 16.3 Å². The normalized spacial score (nSPS) is 14.6. The molecular formula is C23H30ClN5O4. The maximum Gasteiger partial charge on any atom is 0.410 e. The Bertz CT molecular complexity index is 1020. The number of hydrogen-bond acceptors (Lipinski definition) is 5. The van der Waals surface area contributed by atoms with E-state index in [9.17, 15) is 14.4 Å². The lowest BCUT2D eigenvalue weighted by Gasteiger charge is -2.33. The number of H-pyrrole nitrogens is 1. The Morgan fingerprint density at radius 3 is 2.55 bits per heavy atom. The highest BCUT2D eigenvalue weighted by atomic mass is 35.5. The number of aromatic nitrogens is 2. The van der Waals surface area contributed by atoms with Crippen molar-refractivity contribution in [3.8, 4) is 0 Å². The summed E-state index contributed by atoms with van der Waals surface area (Å²) in [6.07, 6.45) is 2.88. The van der Waals surface area contributed by atoms with Gasteiger partial charge in [0.25, 0.3) is 11.8 Å². The maximum absolute atomic E-state index is 12.9. The van der Waals surface area contributed by atoms with Crippen molar-refractivity contribution < 1.29 is 19.1 Å². The van der Waals surface area contributed by atoms with Crippen molar-refractivity contribution in [1.29, 1.82) is 0 Å². The first-order valence-corrected chi connectivity index (χ1v) is 11.4. The van der Waals surface area contributed by atoms with Crippen LogP contribution in [0.1, 0.15) is 66.9 Å². The SMILES string of the molecule is CCc1cccc(Cl)c1C(=O)Nc1cn[nH]c1C(=O)NC1CCN(C(=O)OC(C)(C)C)CC1. The first-order chi connectivity index (χ1) is 15.6. The van der Waals surface area contributed by atoms with Gasteiger partial charge in [0.1, 0.15) is 11.3 Å². The zero-order valence-electron chi connectivity index (χ0n) is 19.3. The average molecular weight is 476 g/mol. The lowest BCUT2D eigenvalue weighted by molar-refractivity contribution is 0.0199. The van der Waals surface area contributed by atoms with Gasteiger partial charge in [-0.2, -0.15) is 5.10 Å². The van der Waals surface area contributed by atoms with E-state index >= 15 is 0 Å². The van der Waals surface area contributed by atoms with E-state index < -0.39 is 11.5 Å². The molecule has 2 aromatic rings. The van der Waals surface area contributed by atoms with Crippen LogP contribution in [0.3, 0.4) is 0 Å². The standard InChI is InChI=1S/C23H30ClN5O4/c1-5-14-7-6-8-16(24)18(14)20(30)27-17-13-25-28-19(17)21(31)26-15-9-11-29(12-10-15)22(32)33-23(2,3)4/h6-8,13,15H,5,9-12H2,1-4H3,(H,25,28)(H,26,31)(H,27,30). The first-order valence-electron chi connectivity index (χ1n) is 11.0. The molecule has 9 nitrogen and oxygen atoms in total. The van der Waals surface area contributed by atoms with Gasteiger partial charge >= 0.3 is 6.09 Å². The number of aryl methyl sites for hydroxylation is 1. The Kier molecular flexibility index (Phi) is 7.63. The Balaban J connectivity index is 1.60. The number of piperidine rings is 1. The number of aromatic amines is 1. The Hall–Kier alpha value is -3.07. The van der Waals surface area contributed by atoms with Crippen molar-refractivity contribution in [2.45, 2.75) is 58.6 Å². The number of hydrogen-bond donors (Lipinski definition) is 3. The molecule has 33 heavy (non-hydrogen) atoms. The van der Waals surface area contributed by atoms with E-state index in [2.05, 4.69) is 20.8 Å². The van der Waals surface area contributed by atoms with E-state index in [0.717, 1.165) is 5.56 Å². The first kappa shape index (κ1) is 24.6. The molecule has 3 amide bonds. The maximum atomic E-state index is 12.9. The molecule has 0 unspecified atom stereocenters. The van der Waals surface area contributed by atoms with Gasteiger partial charge in [-0.15, -0.1) is 0 Å². The summed E-state index contributed by atoms with van der Waals surface area (Å²) in [5.74, 6) is -0.785. The zero-order valence-corrected chi connectivity index (χ0v) is 20.1. The van der Waals surface area contributed by atoms with Crippen LogP contribution in [0, 0.1) is 0 Å². The van der Waals surface area contributed by atoms with Gasteiger partial charge in [0.2, 0.25) is 0 Å². The minimum absolute atomic E-state index is 0.113. The third-order valence-electron chi connectivity index (χ3n) is 5.30. The lowest BCUT2D eigenvalue weighted by Crippen LogP contribution is -2.47. The number of halogens is 1. The van der Waals surface area contributed by atoms with Gasteiger partial charge in [0, 0.05) is 19.1 Å². The van der Waals surface area contributed by atoms with Crippen molar-refractivity contribution in [2.75, 3.05) is 18.4 Å². The molecular weight excluding hydrogens is 446 g/mol. The van der Waals surface area contributed by atoms with Crippen LogP contribution < -0.4 is 10.6 Å². The van der Waals surface area contributed by atoms with E-state index in [1.807, 2.05) is 33.8 Å². The van der Waals surface area contributed by atoms with Gasteiger partial charge in [-0.3, -0.25) is 14.7 Å². The minimum Gasteiger partial charge on any atom is -0.444 e. The Morgan fingerprint density at radius 2 is 1.91 bits per heavy atom. The van der Waals surface area contributed by atoms with Crippen molar-refractivity contribution in [2.24, 2.45) is 0 Å². The summed E-state index contributed by atoms with van der Waals surface area (Å²) in [5.41, 5.74) is 1.06. The molecule has 3 N–H and O–H groups in total. The van der Waals surface area contributed by atoms with Crippen molar-refractivity contribution >= 4 is 35.2 Å². The summed E-state index contributed by atoms with van der Waals surface area (Å²) in [7, 11) is 0. The third kappa shape index (κ3) is 6.25. The molecule has 178 valence electrons. The predicted octanol–water partition coefficient (Wildman–Crippen LogP) is 4.01. The lowest BCUT2D eigenvalue weighted by atomic mass is 10.0. The number of amides is 3. The van der Waals surface area contributed by atoms with Crippen LogP contribution in [0.15, 0.2) is 24.4 Å². The molecule has 0 radical (unpaired) electrons. The molecule has 1 aromatic heterocycles. The van der Waals surface area contributed by atoms with Crippen LogP contribution in [0.4, 0.5) is 10.5 Å². The van der Waals surface area contributed by atoms with Gasteiger partial charge in [-0.1, -0.05) is 30.7 Å². The van der Waals surface area contributed by atoms with Gasteiger partial charge < -0.3 is 20.3 Å². The summed E-state index contributed by atoms with van der Waals surface area (Å²) in [6.45, 7) is 8.39. The quantitative estimate of drug-likeness (QED) is 0.604. The molecule has 0 spiro atoms. The molecule has 0 atom stereocenters. The highest BCUT2D eigenvalue weighted by Crippen LogP contribution is 2.23. The molecule has 0 bridgehead atoms. The Morgan fingerprint density at radius 1 is 1.21 bits per heavy atom. The fourth-order valence-corrected chi connectivity index (χ4v) is 3.93. The highest BCUT2D eigenvalue weighted by molar-refractivity contribution is 6.34. The monoisotopic (exact) mass is 475 g/mol. The van der Waals surface area contributed by atoms with E-state index in [1.54, 1.807) is 17.0 Å². The number of rotatable bonds is 5. The topological polar surface area (TPSA) is 116 Å². The van der Waals surface area contributed by atoms with Gasteiger partial charge in [-0.05, 0) is 51.7 Å². The molecule has 3 rings (SSSR count). The number of anilines is 1. The average Bonchev–Trinajstić information content (AvgIpc) is 3.20. The van der Waals surface area contributed by atoms with Crippen LogP contribution in [0.25, 0.3) is 0 Å². The molecule has 1 aliphatic rings. The summed E-state index contributed by atoms with van der Waals surface area (Å²) in [6, 6.07) is 5.18. The van der Waals surface area contributed by atoms with Crippen LogP contribution >= 0.6 is 11.6 Å². The van der Waals surface area contributed by atoms with Crippen LogP contribution in [0.2, 0.25) is 5.02 Å². The van der Waals surface area contributed by atoms with Crippen LogP contribution in [-0.4, -0.2) is 57.7 Å². The largest absolute Gasteiger partial charge is 0.444 e. The van der Waals surface area contributed by atoms with Crippen molar-refractivity contribution in [1.82, 2.24) is 20.4 Å². The molecule has 1 aliphatic heterocycles. The summed E-state index contributed by atoms with van der Waals surface area (Å²) in [4.78, 5) is 39.6. The second kappa shape index (κ2) is 10.2. The van der Waals surface area contributed by atoms with Crippen molar-refractivity contribution in [3.63, 3.8) is 0 Å². The molecule has 2 heterocycles.